The summed E-state index contributed by atoms with van der Waals surface area (Å²) in [7, 11) is 1.30. The number of ether oxygens (including phenoxy) is 1. The van der Waals surface area contributed by atoms with Crippen molar-refractivity contribution >= 4 is 11.7 Å². The van der Waals surface area contributed by atoms with Crippen LogP contribution in [0, 0.1) is 17.0 Å². The Kier molecular flexibility index (Phi) is 3.38. The van der Waals surface area contributed by atoms with Crippen LogP contribution in [0.2, 0.25) is 0 Å². The predicted molar refractivity (Wildman–Crippen MR) is 66.8 cm³/mol. The van der Waals surface area contributed by atoms with Gasteiger partial charge in [-0.05, 0) is 19.1 Å². The topological polar surface area (TPSA) is 116 Å². The highest BCUT2D eigenvalue weighted by Crippen LogP contribution is 2.32. The monoisotopic (exact) mass is 278 g/mol. The van der Waals surface area contributed by atoms with Crippen LogP contribution in [-0.2, 0) is 0 Å². The Morgan fingerprint density at radius 2 is 2.20 bits per heavy atom. The van der Waals surface area contributed by atoms with Crippen LogP contribution >= 0.6 is 0 Å². The summed E-state index contributed by atoms with van der Waals surface area (Å²) >= 11 is 0. The molecule has 0 radical (unpaired) electrons. The second-order valence-corrected chi connectivity index (χ2v) is 3.88. The van der Waals surface area contributed by atoms with Gasteiger partial charge in [0, 0.05) is 11.6 Å². The van der Waals surface area contributed by atoms with E-state index in [9.17, 15) is 14.9 Å². The molecule has 0 saturated carbocycles. The number of nitrogens with zero attached hydrogens (tertiary/aromatic N) is 2. The summed E-state index contributed by atoms with van der Waals surface area (Å²) in [6.07, 6.45) is 0. The van der Waals surface area contributed by atoms with E-state index in [0.717, 1.165) is 0 Å². The molecule has 0 spiro atoms. The van der Waals surface area contributed by atoms with E-state index in [1.54, 1.807) is 0 Å². The molecule has 1 heterocycles. The number of rotatable bonds is 4. The number of aromatic nitrogens is 1. The van der Waals surface area contributed by atoms with Gasteiger partial charge in [-0.1, -0.05) is 0 Å². The lowest BCUT2D eigenvalue weighted by molar-refractivity contribution is -0.385. The molecule has 0 fully saturated rings. The molecular weight excluding hydrogens is 268 g/mol. The zero-order chi connectivity index (χ0) is 14.9. The van der Waals surface area contributed by atoms with Gasteiger partial charge in [-0.3, -0.25) is 10.1 Å². The lowest BCUT2D eigenvalue weighted by atomic mass is 10.2. The lowest BCUT2D eigenvalue weighted by Gasteiger charge is -2.02. The van der Waals surface area contributed by atoms with Crippen LogP contribution in [0.1, 0.15) is 16.2 Å². The van der Waals surface area contributed by atoms with Crippen molar-refractivity contribution in [1.82, 2.24) is 4.98 Å². The quantitative estimate of drug-likeness (QED) is 0.673. The summed E-state index contributed by atoms with van der Waals surface area (Å²) in [5.74, 6) is -1.39. The van der Waals surface area contributed by atoms with Gasteiger partial charge < -0.3 is 14.3 Å². The fraction of sp³-hybridized carbons (Fsp3) is 0.167. The van der Waals surface area contributed by atoms with Crippen molar-refractivity contribution in [3.05, 3.63) is 39.8 Å². The second kappa shape index (κ2) is 5.00. The molecule has 0 atom stereocenters. The van der Waals surface area contributed by atoms with Crippen LogP contribution in [-0.4, -0.2) is 28.1 Å². The molecule has 0 unspecified atom stereocenters. The molecule has 8 nitrogen and oxygen atoms in total. The molecule has 8 heteroatoms. The number of oxazole rings is 1. The van der Waals surface area contributed by atoms with Crippen LogP contribution in [0.25, 0.3) is 11.5 Å². The number of aromatic carboxylic acids is 1. The minimum atomic E-state index is -1.23. The van der Waals surface area contributed by atoms with E-state index in [-0.39, 0.29) is 28.8 Å². The smallest absolute Gasteiger partial charge is 0.373 e. The Labute approximate surface area is 112 Å². The van der Waals surface area contributed by atoms with Crippen molar-refractivity contribution in [2.75, 3.05) is 7.11 Å². The van der Waals surface area contributed by atoms with Gasteiger partial charge in [-0.2, -0.15) is 0 Å². The summed E-state index contributed by atoms with van der Waals surface area (Å²) in [5, 5.41) is 19.7. The molecule has 20 heavy (non-hydrogen) atoms. The summed E-state index contributed by atoms with van der Waals surface area (Å²) in [6.45, 7) is 1.50. The third kappa shape index (κ3) is 2.30. The van der Waals surface area contributed by atoms with E-state index in [1.165, 1.54) is 32.2 Å². The molecular formula is C12H10N2O6. The highest BCUT2D eigenvalue weighted by atomic mass is 16.6. The number of methoxy groups -OCH3 is 1. The number of nitro groups is 1. The lowest BCUT2D eigenvalue weighted by Crippen LogP contribution is -1.95. The largest absolute Gasteiger partial charge is 0.490 e. The molecule has 1 aromatic carbocycles. The first kappa shape index (κ1) is 13.5. The molecule has 1 aromatic heterocycles. The third-order valence-electron chi connectivity index (χ3n) is 2.61. The van der Waals surface area contributed by atoms with Gasteiger partial charge in [-0.25, -0.2) is 9.78 Å². The SMILES string of the molecule is COc1cc(-c2nc(C)c(C(=O)O)o2)ccc1[N+](=O)[O-]. The van der Waals surface area contributed by atoms with E-state index >= 15 is 0 Å². The Balaban J connectivity index is 2.51. The maximum absolute atomic E-state index is 10.9. The Morgan fingerprint density at radius 3 is 2.70 bits per heavy atom. The molecule has 0 aliphatic heterocycles. The van der Waals surface area contributed by atoms with Crippen LogP contribution in [0.4, 0.5) is 5.69 Å². The van der Waals surface area contributed by atoms with Crippen molar-refractivity contribution in [3.63, 3.8) is 0 Å². The zero-order valence-corrected chi connectivity index (χ0v) is 10.6. The third-order valence-corrected chi connectivity index (χ3v) is 2.61. The molecule has 0 bridgehead atoms. The first-order chi connectivity index (χ1) is 9.43. The summed E-state index contributed by atoms with van der Waals surface area (Å²) in [4.78, 5) is 25.1. The molecule has 1 N–H and O–H groups in total. The maximum atomic E-state index is 10.9. The molecule has 0 aliphatic carbocycles. The van der Waals surface area contributed by atoms with Crippen LogP contribution in [0.15, 0.2) is 22.6 Å². The van der Waals surface area contributed by atoms with E-state index in [2.05, 4.69) is 4.98 Å². The molecule has 2 aromatic rings. The number of hydrogen-bond donors (Lipinski definition) is 1. The number of aryl methyl sites for hydroxylation is 1. The molecule has 0 saturated heterocycles. The van der Waals surface area contributed by atoms with Crippen LogP contribution in [0.5, 0.6) is 5.75 Å². The Bertz CT molecular complexity index is 691. The van der Waals surface area contributed by atoms with Gasteiger partial charge in [-0.15, -0.1) is 0 Å². The average molecular weight is 278 g/mol. The van der Waals surface area contributed by atoms with Gasteiger partial charge in [0.2, 0.25) is 11.7 Å². The second-order valence-electron chi connectivity index (χ2n) is 3.88. The average Bonchev–Trinajstić information content (AvgIpc) is 2.80. The van der Waals surface area contributed by atoms with Gasteiger partial charge in [0.1, 0.15) is 0 Å². The van der Waals surface area contributed by atoms with Crippen molar-refractivity contribution < 1.29 is 24.0 Å². The first-order valence-electron chi connectivity index (χ1n) is 5.47. The number of carboxylic acids is 1. The molecule has 0 aliphatic rings. The first-order valence-corrected chi connectivity index (χ1v) is 5.47. The van der Waals surface area contributed by atoms with E-state index in [1.807, 2.05) is 0 Å². The number of nitro benzene ring substituents is 1. The Hall–Kier alpha value is -2.90. The van der Waals surface area contributed by atoms with Crippen LogP contribution < -0.4 is 4.74 Å². The van der Waals surface area contributed by atoms with Crippen molar-refractivity contribution in [3.8, 4) is 17.2 Å². The highest BCUT2D eigenvalue weighted by molar-refractivity contribution is 5.86. The van der Waals surface area contributed by atoms with Crippen molar-refractivity contribution in [1.29, 1.82) is 0 Å². The zero-order valence-electron chi connectivity index (χ0n) is 10.6. The Morgan fingerprint density at radius 1 is 1.50 bits per heavy atom. The van der Waals surface area contributed by atoms with E-state index in [0.29, 0.717) is 5.56 Å². The fourth-order valence-electron chi connectivity index (χ4n) is 1.68. The molecule has 0 amide bonds. The minimum Gasteiger partial charge on any atom is -0.490 e. The molecule has 104 valence electrons. The van der Waals surface area contributed by atoms with Gasteiger partial charge in [0.15, 0.2) is 5.75 Å². The van der Waals surface area contributed by atoms with E-state index < -0.39 is 10.9 Å². The van der Waals surface area contributed by atoms with Crippen molar-refractivity contribution in [2.45, 2.75) is 6.92 Å². The summed E-state index contributed by atoms with van der Waals surface area (Å²) in [5.41, 5.74) is 0.422. The predicted octanol–water partition coefficient (Wildman–Crippen LogP) is 2.27. The van der Waals surface area contributed by atoms with Gasteiger partial charge in [0.25, 0.3) is 0 Å². The minimum absolute atomic E-state index is 0.0419. The van der Waals surface area contributed by atoms with Crippen LogP contribution in [0.3, 0.4) is 0 Å². The summed E-state index contributed by atoms with van der Waals surface area (Å²) in [6, 6.07) is 4.03. The van der Waals surface area contributed by atoms with Gasteiger partial charge in [0.05, 0.1) is 17.7 Å². The fourth-order valence-corrected chi connectivity index (χ4v) is 1.68. The standard InChI is InChI=1S/C12H10N2O6/c1-6-10(12(15)16)20-11(13-6)7-3-4-8(14(17)18)9(5-7)19-2/h3-5H,1-2H3,(H,15,16). The summed E-state index contributed by atoms with van der Waals surface area (Å²) < 4.78 is 10.1. The van der Waals surface area contributed by atoms with E-state index in [4.69, 9.17) is 14.3 Å². The maximum Gasteiger partial charge on any atom is 0.373 e. The molecule has 2 rings (SSSR count). The number of benzene rings is 1. The number of carbonyl (C=O) groups is 1. The highest BCUT2D eigenvalue weighted by Gasteiger charge is 2.20. The van der Waals surface area contributed by atoms with Crippen molar-refractivity contribution in [2.24, 2.45) is 0 Å². The number of hydrogen-bond acceptors (Lipinski definition) is 6. The normalized spacial score (nSPS) is 10.3. The van der Waals surface area contributed by atoms with Gasteiger partial charge >= 0.3 is 11.7 Å². The number of carboxylic acid groups (broad SMARTS) is 1.